The van der Waals surface area contributed by atoms with Gasteiger partial charge in [-0.15, -0.1) is 0 Å². The second-order valence-corrected chi connectivity index (χ2v) is 6.96. The number of rotatable bonds is 6. The summed E-state index contributed by atoms with van der Waals surface area (Å²) < 4.78 is 0. The molecule has 0 aliphatic carbocycles. The Balaban J connectivity index is 1.71. The first-order valence-electron chi connectivity index (χ1n) is 9.93. The molecule has 1 fully saturated rings. The highest BCUT2D eigenvalue weighted by Gasteiger charge is 2.23. The average Bonchev–Trinajstić information content (AvgIpc) is 2.77. The van der Waals surface area contributed by atoms with E-state index in [0.29, 0.717) is 37.4 Å². The fraction of sp³-hybridized carbons (Fsp3) is 0.409. The molecule has 3 rings (SSSR count). The Morgan fingerprint density at radius 2 is 1.75 bits per heavy atom. The fourth-order valence-electron chi connectivity index (χ4n) is 3.42. The van der Waals surface area contributed by atoms with Gasteiger partial charge in [0.2, 0.25) is 0 Å². The van der Waals surface area contributed by atoms with Crippen molar-refractivity contribution in [1.82, 2.24) is 19.7 Å². The third-order valence-electron chi connectivity index (χ3n) is 5.22. The first kappa shape index (κ1) is 20.0. The Morgan fingerprint density at radius 1 is 1.04 bits per heavy atom. The van der Waals surface area contributed by atoms with Gasteiger partial charge in [0, 0.05) is 51.0 Å². The van der Waals surface area contributed by atoms with Gasteiger partial charge in [-0.05, 0) is 31.2 Å². The highest BCUT2D eigenvalue weighted by atomic mass is 16.2. The van der Waals surface area contributed by atoms with E-state index in [1.54, 1.807) is 23.2 Å². The molecule has 2 aromatic rings. The molecule has 1 aliphatic rings. The van der Waals surface area contributed by atoms with Crippen molar-refractivity contribution in [1.29, 1.82) is 0 Å². The van der Waals surface area contributed by atoms with E-state index in [9.17, 15) is 9.59 Å². The van der Waals surface area contributed by atoms with Crippen LogP contribution in [0.5, 0.6) is 0 Å². The number of pyridine rings is 1. The van der Waals surface area contributed by atoms with Crippen molar-refractivity contribution < 1.29 is 9.59 Å². The lowest BCUT2D eigenvalue weighted by atomic mass is 10.1. The maximum Gasteiger partial charge on any atom is 0.272 e. The summed E-state index contributed by atoms with van der Waals surface area (Å²) in [6.07, 6.45) is 1.55. The van der Waals surface area contributed by atoms with Crippen LogP contribution < -0.4 is 0 Å². The zero-order valence-electron chi connectivity index (χ0n) is 16.7. The van der Waals surface area contributed by atoms with Crippen LogP contribution in [0, 0.1) is 0 Å². The molecule has 0 spiro atoms. The van der Waals surface area contributed by atoms with E-state index in [1.807, 2.05) is 42.2 Å². The predicted molar refractivity (Wildman–Crippen MR) is 109 cm³/mol. The molecule has 2 heterocycles. The summed E-state index contributed by atoms with van der Waals surface area (Å²) in [6.45, 7) is 9.37. The first-order chi connectivity index (χ1) is 13.6. The number of aromatic nitrogens is 1. The molecule has 0 bridgehead atoms. The zero-order chi connectivity index (χ0) is 19.9. The zero-order valence-corrected chi connectivity index (χ0v) is 16.7. The van der Waals surface area contributed by atoms with Gasteiger partial charge in [-0.2, -0.15) is 0 Å². The van der Waals surface area contributed by atoms with Crippen LogP contribution in [-0.2, 0) is 6.54 Å². The van der Waals surface area contributed by atoms with Crippen LogP contribution in [0.25, 0.3) is 0 Å². The Hall–Kier alpha value is -2.73. The molecule has 0 N–H and O–H groups in total. The number of hydrogen-bond donors (Lipinski definition) is 0. The summed E-state index contributed by atoms with van der Waals surface area (Å²) in [5, 5.41) is 0. The maximum atomic E-state index is 13.0. The number of hydrogen-bond acceptors (Lipinski definition) is 4. The lowest BCUT2D eigenvalue weighted by molar-refractivity contribution is 0.0637. The molecule has 1 aromatic carbocycles. The fourth-order valence-corrected chi connectivity index (χ4v) is 3.42. The summed E-state index contributed by atoms with van der Waals surface area (Å²) in [5.41, 5.74) is 1.92. The van der Waals surface area contributed by atoms with E-state index >= 15 is 0 Å². The minimum Gasteiger partial charge on any atom is -0.335 e. The van der Waals surface area contributed by atoms with Crippen molar-refractivity contribution in [3.05, 3.63) is 65.5 Å². The topological polar surface area (TPSA) is 56.8 Å². The van der Waals surface area contributed by atoms with E-state index in [2.05, 4.69) is 16.8 Å². The van der Waals surface area contributed by atoms with Crippen molar-refractivity contribution in [2.45, 2.75) is 20.4 Å². The predicted octanol–water partition coefficient (Wildman–Crippen LogP) is 2.52. The molecule has 1 aliphatic heterocycles. The van der Waals surface area contributed by atoms with Gasteiger partial charge in [0.25, 0.3) is 11.8 Å². The maximum absolute atomic E-state index is 13.0. The molecule has 0 atom stereocenters. The molecule has 6 heteroatoms. The van der Waals surface area contributed by atoms with Gasteiger partial charge >= 0.3 is 0 Å². The van der Waals surface area contributed by atoms with Crippen molar-refractivity contribution >= 4 is 11.8 Å². The van der Waals surface area contributed by atoms with Gasteiger partial charge in [0.05, 0.1) is 0 Å². The van der Waals surface area contributed by atoms with Gasteiger partial charge in [-0.3, -0.25) is 14.6 Å². The molecule has 1 aromatic heterocycles. The van der Waals surface area contributed by atoms with Crippen molar-refractivity contribution in [3.63, 3.8) is 0 Å². The Bertz CT molecular complexity index is 801. The summed E-state index contributed by atoms with van der Waals surface area (Å²) in [7, 11) is 0. The van der Waals surface area contributed by atoms with Crippen LogP contribution in [0.2, 0.25) is 0 Å². The van der Waals surface area contributed by atoms with Crippen LogP contribution in [0.15, 0.2) is 48.7 Å². The number of nitrogens with zero attached hydrogens (tertiary/aromatic N) is 4. The Labute approximate surface area is 166 Å². The number of amides is 2. The van der Waals surface area contributed by atoms with Gasteiger partial charge in [-0.1, -0.05) is 37.3 Å². The van der Waals surface area contributed by atoms with E-state index in [0.717, 1.165) is 25.2 Å². The standard InChI is InChI=1S/C22H28N4O2/c1-3-24-12-14-26(15-13-24)22(28)20-16-19(10-11-23-20)21(27)25(4-2)17-18-8-6-5-7-9-18/h5-11,16H,3-4,12-15,17H2,1-2H3. The third kappa shape index (κ3) is 4.75. The quantitative estimate of drug-likeness (QED) is 0.773. The molecule has 0 radical (unpaired) electrons. The summed E-state index contributed by atoms with van der Waals surface area (Å²) in [5.74, 6) is -0.185. The van der Waals surface area contributed by atoms with E-state index in [-0.39, 0.29) is 11.8 Å². The molecular formula is C22H28N4O2. The van der Waals surface area contributed by atoms with Gasteiger partial charge in [0.15, 0.2) is 0 Å². The minimum absolute atomic E-state index is 0.0846. The van der Waals surface area contributed by atoms with E-state index in [4.69, 9.17) is 0 Å². The third-order valence-corrected chi connectivity index (χ3v) is 5.22. The number of likely N-dealkylation sites (N-methyl/N-ethyl adjacent to an activating group) is 1. The molecule has 148 valence electrons. The molecule has 2 amide bonds. The molecule has 28 heavy (non-hydrogen) atoms. The van der Waals surface area contributed by atoms with Crippen molar-refractivity contribution in [2.75, 3.05) is 39.3 Å². The number of piperazine rings is 1. The molecular weight excluding hydrogens is 352 g/mol. The summed E-state index contributed by atoms with van der Waals surface area (Å²) in [6, 6.07) is 13.2. The number of carbonyl (C=O) groups is 2. The molecule has 6 nitrogen and oxygen atoms in total. The van der Waals surface area contributed by atoms with Crippen molar-refractivity contribution in [2.24, 2.45) is 0 Å². The monoisotopic (exact) mass is 380 g/mol. The normalized spacial score (nSPS) is 14.7. The largest absolute Gasteiger partial charge is 0.335 e. The lowest BCUT2D eigenvalue weighted by Gasteiger charge is -2.33. The number of benzene rings is 1. The smallest absolute Gasteiger partial charge is 0.272 e. The number of carbonyl (C=O) groups excluding carboxylic acids is 2. The first-order valence-corrected chi connectivity index (χ1v) is 9.93. The second-order valence-electron chi connectivity index (χ2n) is 6.96. The van der Waals surface area contributed by atoms with Crippen LogP contribution in [0.4, 0.5) is 0 Å². The SMILES string of the molecule is CCN1CCN(C(=O)c2cc(C(=O)N(CC)Cc3ccccc3)ccn2)CC1. The second kappa shape index (κ2) is 9.46. The summed E-state index contributed by atoms with van der Waals surface area (Å²) >= 11 is 0. The van der Waals surface area contributed by atoms with Gasteiger partial charge < -0.3 is 14.7 Å². The Morgan fingerprint density at radius 3 is 2.39 bits per heavy atom. The van der Waals surface area contributed by atoms with Gasteiger partial charge in [-0.25, -0.2) is 0 Å². The average molecular weight is 380 g/mol. The highest BCUT2D eigenvalue weighted by molar-refractivity contribution is 5.98. The van der Waals surface area contributed by atoms with Gasteiger partial charge in [0.1, 0.15) is 5.69 Å². The van der Waals surface area contributed by atoms with Crippen LogP contribution >= 0.6 is 0 Å². The van der Waals surface area contributed by atoms with Crippen LogP contribution in [0.1, 0.15) is 40.3 Å². The summed E-state index contributed by atoms with van der Waals surface area (Å²) in [4.78, 5) is 35.9. The van der Waals surface area contributed by atoms with E-state index in [1.165, 1.54) is 0 Å². The minimum atomic E-state index is -0.100. The van der Waals surface area contributed by atoms with E-state index < -0.39 is 0 Å². The van der Waals surface area contributed by atoms with Crippen molar-refractivity contribution in [3.8, 4) is 0 Å². The molecule has 0 unspecified atom stereocenters. The van der Waals surface area contributed by atoms with Crippen LogP contribution in [-0.4, -0.2) is 70.8 Å². The lowest BCUT2D eigenvalue weighted by Crippen LogP contribution is -2.48. The van der Waals surface area contributed by atoms with Crippen LogP contribution in [0.3, 0.4) is 0 Å². The molecule has 0 saturated carbocycles. The highest BCUT2D eigenvalue weighted by Crippen LogP contribution is 2.13. The Kier molecular flexibility index (Phi) is 6.76. The molecule has 1 saturated heterocycles.